The third-order valence-electron chi connectivity index (χ3n) is 3.09. The maximum absolute atomic E-state index is 12.6. The zero-order valence-corrected chi connectivity index (χ0v) is 13.3. The quantitative estimate of drug-likeness (QED) is 0.918. The Hall–Kier alpha value is -1.63. The molecule has 2 rings (SSSR count). The van der Waals surface area contributed by atoms with Gasteiger partial charge in [-0.15, -0.1) is 0 Å². The van der Waals surface area contributed by atoms with E-state index in [1.54, 1.807) is 37.5 Å². The molecule has 0 aliphatic heterocycles. The van der Waals surface area contributed by atoms with Gasteiger partial charge < -0.3 is 5.32 Å². The van der Waals surface area contributed by atoms with Crippen LogP contribution in [0.25, 0.3) is 0 Å². The molecule has 7 heteroatoms. The minimum atomic E-state index is -3.65. The number of aromatic nitrogens is 1. The Balaban J connectivity index is 2.33. The Labute approximate surface area is 129 Å². The van der Waals surface area contributed by atoms with Crippen LogP contribution in [0.3, 0.4) is 0 Å². The third kappa shape index (κ3) is 3.34. The largest absolute Gasteiger partial charge is 0.387 e. The van der Waals surface area contributed by atoms with E-state index in [2.05, 4.69) is 10.3 Å². The molecule has 0 radical (unpaired) electrons. The molecule has 21 heavy (non-hydrogen) atoms. The van der Waals surface area contributed by atoms with Crippen molar-refractivity contribution in [1.82, 2.24) is 9.29 Å². The first kappa shape index (κ1) is 15.8. The first-order valence-electron chi connectivity index (χ1n) is 6.28. The highest BCUT2D eigenvalue weighted by Crippen LogP contribution is 2.25. The van der Waals surface area contributed by atoms with Crippen LogP contribution >= 0.6 is 11.6 Å². The summed E-state index contributed by atoms with van der Waals surface area (Å²) in [6.45, 7) is 0.194. The number of pyridine rings is 1. The van der Waals surface area contributed by atoms with Crippen molar-refractivity contribution in [3.63, 3.8) is 0 Å². The Bertz CT molecular complexity index is 735. The predicted octanol–water partition coefficient (Wildman–Crippen LogP) is 2.60. The van der Waals surface area contributed by atoms with Gasteiger partial charge in [-0.05, 0) is 17.7 Å². The zero-order valence-electron chi connectivity index (χ0n) is 11.7. The molecule has 0 aliphatic rings. The number of anilines is 1. The van der Waals surface area contributed by atoms with E-state index in [1.807, 2.05) is 6.07 Å². The molecule has 0 aliphatic carbocycles. The van der Waals surface area contributed by atoms with E-state index in [4.69, 9.17) is 11.6 Å². The molecule has 0 fully saturated rings. The second kappa shape index (κ2) is 6.43. The maximum Gasteiger partial charge on any atom is 0.246 e. The molecule has 0 amide bonds. The van der Waals surface area contributed by atoms with Gasteiger partial charge in [0, 0.05) is 38.1 Å². The lowest BCUT2D eigenvalue weighted by Gasteiger charge is -2.19. The molecule has 1 aromatic heterocycles. The highest BCUT2D eigenvalue weighted by molar-refractivity contribution is 7.89. The molecule has 0 saturated carbocycles. The SMILES string of the molecule is CNc1ccncc1S(=O)(=O)N(C)Cc1ccccc1Cl. The number of benzene rings is 1. The Morgan fingerprint density at radius 3 is 2.67 bits per heavy atom. The Morgan fingerprint density at radius 1 is 1.29 bits per heavy atom. The van der Waals surface area contributed by atoms with E-state index in [0.717, 1.165) is 5.56 Å². The van der Waals surface area contributed by atoms with E-state index >= 15 is 0 Å². The predicted molar refractivity (Wildman–Crippen MR) is 83.9 cm³/mol. The number of rotatable bonds is 5. The summed E-state index contributed by atoms with van der Waals surface area (Å²) in [6, 6.07) is 8.79. The Kier molecular flexibility index (Phi) is 4.82. The van der Waals surface area contributed by atoms with Gasteiger partial charge in [0.2, 0.25) is 10.0 Å². The summed E-state index contributed by atoms with van der Waals surface area (Å²) in [5.41, 5.74) is 1.26. The number of nitrogens with zero attached hydrogens (tertiary/aromatic N) is 2. The second-order valence-corrected chi connectivity index (χ2v) is 6.89. The van der Waals surface area contributed by atoms with Gasteiger partial charge in [0.05, 0.1) is 5.69 Å². The van der Waals surface area contributed by atoms with Gasteiger partial charge in [0.25, 0.3) is 0 Å². The molecule has 1 aromatic carbocycles. The average molecular weight is 326 g/mol. The summed E-state index contributed by atoms with van der Waals surface area (Å²) < 4.78 is 26.5. The summed E-state index contributed by atoms with van der Waals surface area (Å²) in [5.74, 6) is 0. The lowest BCUT2D eigenvalue weighted by atomic mass is 10.2. The highest BCUT2D eigenvalue weighted by atomic mass is 35.5. The topological polar surface area (TPSA) is 62.3 Å². The molecule has 1 N–H and O–H groups in total. The molecule has 0 atom stereocenters. The van der Waals surface area contributed by atoms with Crippen molar-refractivity contribution < 1.29 is 8.42 Å². The third-order valence-corrected chi connectivity index (χ3v) is 5.29. The van der Waals surface area contributed by atoms with Gasteiger partial charge in [-0.2, -0.15) is 4.31 Å². The Morgan fingerprint density at radius 2 is 2.00 bits per heavy atom. The average Bonchev–Trinajstić information content (AvgIpc) is 2.49. The molecule has 112 valence electrons. The summed E-state index contributed by atoms with van der Waals surface area (Å²) in [4.78, 5) is 4.04. The van der Waals surface area contributed by atoms with Crippen LogP contribution in [0.5, 0.6) is 0 Å². The monoisotopic (exact) mass is 325 g/mol. The number of hydrogen-bond acceptors (Lipinski definition) is 4. The maximum atomic E-state index is 12.6. The van der Waals surface area contributed by atoms with Crippen molar-refractivity contribution in [2.75, 3.05) is 19.4 Å². The fourth-order valence-corrected chi connectivity index (χ4v) is 3.39. The van der Waals surface area contributed by atoms with E-state index in [0.29, 0.717) is 10.7 Å². The molecule has 1 heterocycles. The van der Waals surface area contributed by atoms with Crippen molar-refractivity contribution in [1.29, 1.82) is 0 Å². The number of sulfonamides is 1. The van der Waals surface area contributed by atoms with Crippen LogP contribution in [0, 0.1) is 0 Å². The van der Waals surface area contributed by atoms with Gasteiger partial charge >= 0.3 is 0 Å². The molecular weight excluding hydrogens is 310 g/mol. The zero-order chi connectivity index (χ0) is 15.5. The molecule has 5 nitrogen and oxygen atoms in total. The molecule has 0 saturated heterocycles. The van der Waals surface area contributed by atoms with Crippen molar-refractivity contribution >= 4 is 27.3 Å². The van der Waals surface area contributed by atoms with Crippen LogP contribution in [-0.4, -0.2) is 31.8 Å². The highest BCUT2D eigenvalue weighted by Gasteiger charge is 2.24. The minimum absolute atomic E-state index is 0.141. The lowest BCUT2D eigenvalue weighted by molar-refractivity contribution is 0.467. The summed E-state index contributed by atoms with van der Waals surface area (Å²) in [6.07, 6.45) is 2.88. The van der Waals surface area contributed by atoms with E-state index in [1.165, 1.54) is 17.5 Å². The van der Waals surface area contributed by atoms with Crippen LogP contribution < -0.4 is 5.32 Å². The van der Waals surface area contributed by atoms with Gasteiger partial charge in [-0.3, -0.25) is 4.98 Å². The van der Waals surface area contributed by atoms with Gasteiger partial charge in [-0.25, -0.2) is 8.42 Å². The lowest BCUT2D eigenvalue weighted by Crippen LogP contribution is -2.27. The van der Waals surface area contributed by atoms with E-state index in [-0.39, 0.29) is 11.4 Å². The second-order valence-electron chi connectivity index (χ2n) is 4.47. The van der Waals surface area contributed by atoms with Crippen LogP contribution in [0.15, 0.2) is 47.6 Å². The van der Waals surface area contributed by atoms with Gasteiger partial charge in [-0.1, -0.05) is 29.8 Å². The van der Waals surface area contributed by atoms with Crippen LogP contribution in [0.4, 0.5) is 5.69 Å². The van der Waals surface area contributed by atoms with Crippen molar-refractivity contribution in [3.8, 4) is 0 Å². The van der Waals surface area contributed by atoms with Gasteiger partial charge in [0.1, 0.15) is 4.90 Å². The first-order valence-corrected chi connectivity index (χ1v) is 8.10. The number of nitrogens with one attached hydrogen (secondary N) is 1. The molecular formula is C14H16ClN3O2S. The molecule has 2 aromatic rings. The van der Waals surface area contributed by atoms with E-state index in [9.17, 15) is 8.42 Å². The molecule has 0 spiro atoms. The minimum Gasteiger partial charge on any atom is -0.387 e. The number of halogens is 1. The van der Waals surface area contributed by atoms with E-state index < -0.39 is 10.0 Å². The van der Waals surface area contributed by atoms with Crippen LogP contribution in [-0.2, 0) is 16.6 Å². The molecule has 0 unspecified atom stereocenters. The summed E-state index contributed by atoms with van der Waals surface area (Å²) in [7, 11) is -0.459. The summed E-state index contributed by atoms with van der Waals surface area (Å²) >= 11 is 6.08. The number of hydrogen-bond donors (Lipinski definition) is 1. The fourth-order valence-electron chi connectivity index (χ4n) is 1.91. The fraction of sp³-hybridized carbons (Fsp3) is 0.214. The normalized spacial score (nSPS) is 11.6. The standard InChI is InChI=1S/C14H16ClN3O2S/c1-16-13-7-8-17-9-14(13)21(19,20)18(2)10-11-5-3-4-6-12(11)15/h3-9H,10H2,1-2H3,(H,16,17). The first-order chi connectivity index (χ1) is 9.96. The molecule has 0 bridgehead atoms. The van der Waals surface area contributed by atoms with Gasteiger partial charge in [0.15, 0.2) is 0 Å². The van der Waals surface area contributed by atoms with Crippen molar-refractivity contribution in [2.24, 2.45) is 0 Å². The van der Waals surface area contributed by atoms with Crippen LogP contribution in [0.2, 0.25) is 5.02 Å². The van der Waals surface area contributed by atoms with Crippen LogP contribution in [0.1, 0.15) is 5.56 Å². The van der Waals surface area contributed by atoms with Crippen molar-refractivity contribution in [2.45, 2.75) is 11.4 Å². The summed E-state index contributed by atoms with van der Waals surface area (Å²) in [5, 5.41) is 3.40. The van der Waals surface area contributed by atoms with Crippen molar-refractivity contribution in [3.05, 3.63) is 53.3 Å². The smallest absolute Gasteiger partial charge is 0.246 e.